The second-order valence-corrected chi connectivity index (χ2v) is 3.34. The minimum absolute atomic E-state index is 0.00579. The van der Waals surface area contributed by atoms with Gasteiger partial charge in [-0.25, -0.2) is 0 Å². The molecular formula is C9H17NO3. The fraction of sp³-hybridized carbons (Fsp3) is 0.889. The maximum atomic E-state index is 11.6. The summed E-state index contributed by atoms with van der Waals surface area (Å²) in [7, 11) is 1.69. The van der Waals surface area contributed by atoms with Gasteiger partial charge >= 0.3 is 0 Å². The molecule has 13 heavy (non-hydrogen) atoms. The number of ether oxygens (including phenoxy) is 1. The average Bonchev–Trinajstić information content (AvgIpc) is 2.18. The van der Waals surface area contributed by atoms with Gasteiger partial charge in [-0.3, -0.25) is 4.79 Å². The molecule has 1 unspecified atom stereocenters. The minimum Gasteiger partial charge on any atom is -0.395 e. The van der Waals surface area contributed by atoms with Crippen LogP contribution in [0.25, 0.3) is 0 Å². The Kier molecular flexibility index (Phi) is 4.18. The summed E-state index contributed by atoms with van der Waals surface area (Å²) in [6, 6.07) is 0. The molecule has 1 atom stereocenters. The van der Waals surface area contributed by atoms with E-state index in [-0.39, 0.29) is 18.6 Å². The molecule has 0 aromatic carbocycles. The molecule has 1 aliphatic rings. The van der Waals surface area contributed by atoms with Crippen LogP contribution in [0.3, 0.4) is 0 Å². The zero-order valence-electron chi connectivity index (χ0n) is 8.03. The van der Waals surface area contributed by atoms with E-state index in [0.717, 1.165) is 19.3 Å². The van der Waals surface area contributed by atoms with Gasteiger partial charge in [0.2, 0.25) is 0 Å². The van der Waals surface area contributed by atoms with Crippen molar-refractivity contribution in [3.05, 3.63) is 0 Å². The van der Waals surface area contributed by atoms with Gasteiger partial charge in [0.05, 0.1) is 6.61 Å². The first kappa shape index (κ1) is 10.5. The number of nitrogens with zero attached hydrogens (tertiary/aromatic N) is 1. The van der Waals surface area contributed by atoms with Gasteiger partial charge in [0.25, 0.3) is 5.91 Å². The topological polar surface area (TPSA) is 49.8 Å². The van der Waals surface area contributed by atoms with E-state index in [0.29, 0.717) is 13.2 Å². The van der Waals surface area contributed by atoms with Gasteiger partial charge in [-0.2, -0.15) is 0 Å². The summed E-state index contributed by atoms with van der Waals surface area (Å²) in [6.45, 7) is 1.08. The van der Waals surface area contributed by atoms with Crippen LogP contribution >= 0.6 is 0 Å². The monoisotopic (exact) mass is 187 g/mol. The highest BCUT2D eigenvalue weighted by atomic mass is 16.5. The Morgan fingerprint density at radius 3 is 2.92 bits per heavy atom. The minimum atomic E-state index is -0.273. The summed E-state index contributed by atoms with van der Waals surface area (Å²) in [5.74, 6) is -0.00579. The molecule has 1 heterocycles. The van der Waals surface area contributed by atoms with Crippen molar-refractivity contribution >= 4 is 5.91 Å². The Hall–Kier alpha value is -0.610. The van der Waals surface area contributed by atoms with E-state index in [2.05, 4.69) is 0 Å². The van der Waals surface area contributed by atoms with E-state index in [9.17, 15) is 4.79 Å². The summed E-state index contributed by atoms with van der Waals surface area (Å²) in [4.78, 5) is 13.1. The van der Waals surface area contributed by atoms with E-state index in [1.54, 1.807) is 7.05 Å². The second kappa shape index (κ2) is 5.19. The average molecular weight is 187 g/mol. The highest BCUT2D eigenvalue weighted by molar-refractivity contribution is 5.80. The van der Waals surface area contributed by atoms with E-state index >= 15 is 0 Å². The van der Waals surface area contributed by atoms with Crippen LogP contribution in [0.5, 0.6) is 0 Å². The molecule has 1 rings (SSSR count). The number of aliphatic hydroxyl groups is 1. The third-order valence-electron chi connectivity index (χ3n) is 2.27. The maximum absolute atomic E-state index is 11.6. The summed E-state index contributed by atoms with van der Waals surface area (Å²) in [6.07, 6.45) is 2.65. The highest BCUT2D eigenvalue weighted by Crippen LogP contribution is 2.14. The summed E-state index contributed by atoms with van der Waals surface area (Å²) < 4.78 is 5.33. The zero-order chi connectivity index (χ0) is 9.68. The van der Waals surface area contributed by atoms with Crippen molar-refractivity contribution in [3.8, 4) is 0 Å². The fourth-order valence-corrected chi connectivity index (χ4v) is 1.44. The van der Waals surface area contributed by atoms with Gasteiger partial charge in [-0.05, 0) is 19.3 Å². The van der Waals surface area contributed by atoms with Crippen LogP contribution in [0.1, 0.15) is 19.3 Å². The summed E-state index contributed by atoms with van der Waals surface area (Å²) in [5.41, 5.74) is 0. The molecule has 1 saturated heterocycles. The van der Waals surface area contributed by atoms with Crippen molar-refractivity contribution in [2.24, 2.45) is 0 Å². The van der Waals surface area contributed by atoms with E-state index in [1.165, 1.54) is 4.90 Å². The van der Waals surface area contributed by atoms with Crippen LogP contribution < -0.4 is 0 Å². The molecule has 1 aliphatic heterocycles. The van der Waals surface area contributed by atoms with E-state index < -0.39 is 0 Å². The molecule has 4 heteroatoms. The SMILES string of the molecule is CN(CCO)C(=O)C1CCCCO1. The Morgan fingerprint density at radius 2 is 2.38 bits per heavy atom. The van der Waals surface area contributed by atoms with Gasteiger partial charge in [0.15, 0.2) is 0 Å². The van der Waals surface area contributed by atoms with Crippen molar-refractivity contribution in [1.29, 1.82) is 0 Å². The number of likely N-dealkylation sites (N-methyl/N-ethyl adjacent to an activating group) is 1. The van der Waals surface area contributed by atoms with Gasteiger partial charge in [0, 0.05) is 20.2 Å². The fourth-order valence-electron chi connectivity index (χ4n) is 1.44. The molecule has 76 valence electrons. The number of aliphatic hydroxyl groups excluding tert-OH is 1. The third kappa shape index (κ3) is 2.97. The quantitative estimate of drug-likeness (QED) is 0.677. The molecular weight excluding hydrogens is 170 g/mol. The van der Waals surface area contributed by atoms with E-state index in [4.69, 9.17) is 9.84 Å². The molecule has 0 aliphatic carbocycles. The standard InChI is InChI=1S/C9H17NO3/c1-10(5-6-11)9(12)8-4-2-3-7-13-8/h8,11H,2-7H2,1H3. The van der Waals surface area contributed by atoms with Crippen molar-refractivity contribution in [3.63, 3.8) is 0 Å². The smallest absolute Gasteiger partial charge is 0.251 e. The van der Waals surface area contributed by atoms with Crippen molar-refractivity contribution in [2.75, 3.05) is 26.8 Å². The number of rotatable bonds is 3. The predicted octanol–water partition coefficient (Wildman–Crippen LogP) is 0.00620. The molecule has 0 aromatic heterocycles. The molecule has 0 spiro atoms. The van der Waals surface area contributed by atoms with E-state index in [1.807, 2.05) is 0 Å². The van der Waals surface area contributed by atoms with Crippen LogP contribution in [-0.4, -0.2) is 48.8 Å². The van der Waals surface area contributed by atoms with Crippen molar-refractivity contribution < 1.29 is 14.6 Å². The second-order valence-electron chi connectivity index (χ2n) is 3.34. The molecule has 4 nitrogen and oxygen atoms in total. The van der Waals surface area contributed by atoms with Crippen LogP contribution in [-0.2, 0) is 9.53 Å². The van der Waals surface area contributed by atoms with Gasteiger partial charge in [-0.15, -0.1) is 0 Å². The molecule has 0 radical (unpaired) electrons. The zero-order valence-corrected chi connectivity index (χ0v) is 8.03. The summed E-state index contributed by atoms with van der Waals surface area (Å²) in [5, 5.41) is 8.65. The molecule has 0 bridgehead atoms. The molecule has 1 N–H and O–H groups in total. The molecule has 0 aromatic rings. The first-order valence-electron chi connectivity index (χ1n) is 4.73. The van der Waals surface area contributed by atoms with Crippen LogP contribution in [0.2, 0.25) is 0 Å². The number of amides is 1. The van der Waals surface area contributed by atoms with Gasteiger partial charge < -0.3 is 14.7 Å². The van der Waals surface area contributed by atoms with Crippen LogP contribution in [0.15, 0.2) is 0 Å². The van der Waals surface area contributed by atoms with Crippen molar-refractivity contribution in [1.82, 2.24) is 4.90 Å². The van der Waals surface area contributed by atoms with Crippen molar-refractivity contribution in [2.45, 2.75) is 25.4 Å². The Bertz CT molecular complexity index is 166. The molecule has 0 saturated carbocycles. The first-order chi connectivity index (χ1) is 6.25. The Balaban J connectivity index is 2.36. The lowest BCUT2D eigenvalue weighted by Gasteiger charge is -2.26. The maximum Gasteiger partial charge on any atom is 0.251 e. The Labute approximate surface area is 78.5 Å². The predicted molar refractivity (Wildman–Crippen MR) is 48.3 cm³/mol. The lowest BCUT2D eigenvalue weighted by Crippen LogP contribution is -2.40. The first-order valence-corrected chi connectivity index (χ1v) is 4.73. The number of hydrogen-bond donors (Lipinski definition) is 1. The number of hydrogen-bond acceptors (Lipinski definition) is 3. The summed E-state index contributed by atoms with van der Waals surface area (Å²) >= 11 is 0. The molecule has 1 fully saturated rings. The van der Waals surface area contributed by atoms with Crippen LogP contribution in [0.4, 0.5) is 0 Å². The van der Waals surface area contributed by atoms with Gasteiger partial charge in [0.1, 0.15) is 6.10 Å². The normalized spacial score (nSPS) is 22.8. The third-order valence-corrected chi connectivity index (χ3v) is 2.27. The largest absolute Gasteiger partial charge is 0.395 e. The number of carbonyl (C=O) groups excluding carboxylic acids is 1. The Morgan fingerprint density at radius 1 is 1.62 bits per heavy atom. The highest BCUT2D eigenvalue weighted by Gasteiger charge is 2.24. The van der Waals surface area contributed by atoms with Gasteiger partial charge in [-0.1, -0.05) is 0 Å². The lowest BCUT2D eigenvalue weighted by atomic mass is 10.1. The lowest BCUT2D eigenvalue weighted by molar-refractivity contribution is -0.145. The molecule has 1 amide bonds. The van der Waals surface area contributed by atoms with Crippen LogP contribution in [0, 0.1) is 0 Å². The number of carbonyl (C=O) groups is 1.